The molecule has 1 aromatic carbocycles. The van der Waals surface area contributed by atoms with Gasteiger partial charge in [-0.25, -0.2) is 4.98 Å². The van der Waals surface area contributed by atoms with Crippen molar-refractivity contribution in [1.29, 1.82) is 0 Å². The van der Waals surface area contributed by atoms with Crippen LogP contribution in [0.3, 0.4) is 0 Å². The van der Waals surface area contributed by atoms with E-state index in [0.717, 1.165) is 11.1 Å². The topological polar surface area (TPSA) is 63.3 Å². The third kappa shape index (κ3) is 2.50. The number of nitrogens with zero attached hydrogens (tertiary/aromatic N) is 1. The second-order valence-electron chi connectivity index (χ2n) is 2.96. The fourth-order valence-corrected chi connectivity index (χ4v) is 1.78. The van der Waals surface area contributed by atoms with Gasteiger partial charge in [0.05, 0.1) is 11.5 Å². The average Bonchev–Trinajstić information content (AvgIpc) is 2.59. The van der Waals surface area contributed by atoms with Crippen LogP contribution in [-0.4, -0.2) is 21.8 Å². The van der Waals surface area contributed by atoms with E-state index in [0.29, 0.717) is 11.6 Å². The van der Waals surface area contributed by atoms with Gasteiger partial charge in [-0.2, -0.15) is 0 Å². The van der Waals surface area contributed by atoms with E-state index in [-0.39, 0.29) is 5.75 Å². The lowest BCUT2D eigenvalue weighted by Gasteiger charge is -1.91. The van der Waals surface area contributed by atoms with Crippen molar-refractivity contribution in [3.63, 3.8) is 0 Å². The number of carboxylic acids is 1. The van der Waals surface area contributed by atoms with Crippen LogP contribution < -0.4 is 0 Å². The molecule has 0 saturated heterocycles. The van der Waals surface area contributed by atoms with Gasteiger partial charge in [-0.15, -0.1) is 11.8 Å². The summed E-state index contributed by atoms with van der Waals surface area (Å²) in [6.07, 6.45) is 0. The highest BCUT2D eigenvalue weighted by atomic mass is 32.2. The van der Waals surface area contributed by atoms with Crippen LogP contribution in [0.15, 0.2) is 28.7 Å². The summed E-state index contributed by atoms with van der Waals surface area (Å²) in [4.78, 5) is 14.5. The third-order valence-corrected chi connectivity index (χ3v) is 2.69. The molecule has 1 heterocycles. The van der Waals surface area contributed by atoms with E-state index in [2.05, 4.69) is 4.98 Å². The highest BCUT2D eigenvalue weighted by Crippen LogP contribution is 2.18. The normalized spacial score (nSPS) is 10.7. The van der Waals surface area contributed by atoms with Gasteiger partial charge < -0.3 is 9.52 Å². The van der Waals surface area contributed by atoms with Crippen molar-refractivity contribution in [1.82, 2.24) is 4.98 Å². The maximum atomic E-state index is 10.3. The van der Waals surface area contributed by atoms with Crippen LogP contribution >= 0.6 is 11.8 Å². The molecule has 78 valence electrons. The molecule has 0 aliphatic rings. The first-order chi connectivity index (χ1) is 7.25. The second kappa shape index (κ2) is 4.35. The van der Waals surface area contributed by atoms with Gasteiger partial charge in [0, 0.05) is 0 Å². The van der Waals surface area contributed by atoms with E-state index in [4.69, 9.17) is 9.52 Å². The Hall–Kier alpha value is -1.49. The van der Waals surface area contributed by atoms with Crippen molar-refractivity contribution >= 4 is 28.8 Å². The zero-order chi connectivity index (χ0) is 10.7. The van der Waals surface area contributed by atoms with Crippen LogP contribution in [-0.2, 0) is 10.5 Å². The number of carbonyl (C=O) groups is 1. The number of aromatic nitrogens is 1. The van der Waals surface area contributed by atoms with Crippen molar-refractivity contribution in [2.45, 2.75) is 5.75 Å². The van der Waals surface area contributed by atoms with Gasteiger partial charge in [0.2, 0.25) is 5.89 Å². The molecule has 0 bridgehead atoms. The molecule has 15 heavy (non-hydrogen) atoms. The van der Waals surface area contributed by atoms with Crippen molar-refractivity contribution < 1.29 is 14.3 Å². The highest BCUT2D eigenvalue weighted by Gasteiger charge is 2.05. The molecule has 0 spiro atoms. The van der Waals surface area contributed by atoms with Gasteiger partial charge in [0.25, 0.3) is 0 Å². The quantitative estimate of drug-likeness (QED) is 0.860. The summed E-state index contributed by atoms with van der Waals surface area (Å²) in [6.45, 7) is 0. The van der Waals surface area contributed by atoms with Crippen LogP contribution in [0.25, 0.3) is 11.1 Å². The number of benzene rings is 1. The van der Waals surface area contributed by atoms with Gasteiger partial charge in [0.1, 0.15) is 5.52 Å². The monoisotopic (exact) mass is 223 g/mol. The molecule has 0 unspecified atom stereocenters. The van der Waals surface area contributed by atoms with Crippen LogP contribution in [0.2, 0.25) is 0 Å². The van der Waals surface area contributed by atoms with Crippen LogP contribution in [0.1, 0.15) is 5.89 Å². The molecule has 0 aliphatic carbocycles. The van der Waals surface area contributed by atoms with Crippen molar-refractivity contribution in [2.75, 3.05) is 5.75 Å². The Morgan fingerprint density at radius 1 is 1.47 bits per heavy atom. The number of thioether (sulfide) groups is 1. The zero-order valence-corrected chi connectivity index (χ0v) is 8.66. The van der Waals surface area contributed by atoms with E-state index in [9.17, 15) is 4.79 Å². The van der Waals surface area contributed by atoms with Gasteiger partial charge in [0.15, 0.2) is 5.58 Å². The molecular formula is C10H9NO3S. The molecule has 0 atom stereocenters. The lowest BCUT2D eigenvalue weighted by atomic mass is 10.3. The lowest BCUT2D eigenvalue weighted by Crippen LogP contribution is -1.98. The predicted molar refractivity (Wildman–Crippen MR) is 57.8 cm³/mol. The maximum Gasteiger partial charge on any atom is 0.313 e. The fraction of sp³-hybridized carbons (Fsp3) is 0.200. The molecule has 1 aromatic heterocycles. The SMILES string of the molecule is O=C(O)CSCc1nc2ccccc2o1. The second-order valence-corrected chi connectivity index (χ2v) is 3.95. The average molecular weight is 223 g/mol. The van der Waals surface area contributed by atoms with Gasteiger partial charge in [-0.3, -0.25) is 4.79 Å². The summed E-state index contributed by atoms with van der Waals surface area (Å²) in [5.41, 5.74) is 1.55. The van der Waals surface area contributed by atoms with Crippen LogP contribution in [0.5, 0.6) is 0 Å². The molecule has 0 radical (unpaired) electrons. The molecule has 0 saturated carbocycles. The van der Waals surface area contributed by atoms with E-state index in [1.807, 2.05) is 24.3 Å². The first kappa shape index (κ1) is 10.0. The number of para-hydroxylation sites is 2. The molecule has 2 rings (SSSR count). The van der Waals surface area contributed by atoms with E-state index >= 15 is 0 Å². The summed E-state index contributed by atoms with van der Waals surface area (Å²) in [7, 11) is 0. The van der Waals surface area contributed by atoms with Crippen molar-refractivity contribution in [3.05, 3.63) is 30.2 Å². The van der Waals surface area contributed by atoms with Gasteiger partial charge in [-0.1, -0.05) is 12.1 Å². The van der Waals surface area contributed by atoms with Crippen LogP contribution in [0, 0.1) is 0 Å². The molecule has 1 N–H and O–H groups in total. The van der Waals surface area contributed by atoms with E-state index in [1.165, 1.54) is 11.8 Å². The molecule has 5 heteroatoms. The summed E-state index contributed by atoms with van der Waals surface area (Å²) in [5, 5.41) is 8.46. The van der Waals surface area contributed by atoms with Gasteiger partial charge >= 0.3 is 5.97 Å². The minimum Gasteiger partial charge on any atom is -0.481 e. The van der Waals surface area contributed by atoms with Gasteiger partial charge in [-0.05, 0) is 12.1 Å². The minimum atomic E-state index is -0.823. The number of aliphatic carboxylic acids is 1. The third-order valence-electron chi connectivity index (χ3n) is 1.79. The van der Waals surface area contributed by atoms with E-state index < -0.39 is 5.97 Å². The fourth-order valence-electron chi connectivity index (χ4n) is 1.21. The van der Waals surface area contributed by atoms with Crippen LogP contribution in [0.4, 0.5) is 0 Å². The summed E-state index contributed by atoms with van der Waals surface area (Å²) in [6, 6.07) is 7.47. The Kier molecular flexibility index (Phi) is 2.91. The summed E-state index contributed by atoms with van der Waals surface area (Å²) < 4.78 is 5.42. The Morgan fingerprint density at radius 2 is 2.27 bits per heavy atom. The number of rotatable bonds is 4. The number of carboxylic acid groups (broad SMARTS) is 1. The minimum absolute atomic E-state index is 0.0682. The molecule has 0 fully saturated rings. The van der Waals surface area contributed by atoms with E-state index in [1.54, 1.807) is 0 Å². The standard InChI is InChI=1S/C10H9NO3S/c12-10(13)6-15-5-9-11-7-3-1-2-4-8(7)14-9/h1-4H,5-6H2,(H,12,13). The Bertz CT molecular complexity index is 447. The molecular weight excluding hydrogens is 214 g/mol. The maximum absolute atomic E-state index is 10.3. The first-order valence-electron chi connectivity index (χ1n) is 4.40. The Labute approximate surface area is 90.3 Å². The number of hydrogen-bond donors (Lipinski definition) is 1. The summed E-state index contributed by atoms with van der Waals surface area (Å²) >= 11 is 1.27. The molecule has 4 nitrogen and oxygen atoms in total. The Morgan fingerprint density at radius 3 is 3.00 bits per heavy atom. The number of oxazole rings is 1. The highest BCUT2D eigenvalue weighted by molar-refractivity contribution is 7.99. The summed E-state index contributed by atoms with van der Waals surface area (Å²) in [5.74, 6) is 0.304. The van der Waals surface area contributed by atoms with Crippen molar-refractivity contribution in [2.24, 2.45) is 0 Å². The smallest absolute Gasteiger partial charge is 0.313 e. The number of fused-ring (bicyclic) bond motifs is 1. The number of hydrogen-bond acceptors (Lipinski definition) is 4. The molecule has 0 aliphatic heterocycles. The molecule has 0 amide bonds. The lowest BCUT2D eigenvalue weighted by molar-refractivity contribution is -0.133. The largest absolute Gasteiger partial charge is 0.481 e. The Balaban J connectivity index is 2.05. The molecule has 2 aromatic rings. The first-order valence-corrected chi connectivity index (χ1v) is 5.55. The zero-order valence-electron chi connectivity index (χ0n) is 7.84. The van der Waals surface area contributed by atoms with Crippen molar-refractivity contribution in [3.8, 4) is 0 Å². The predicted octanol–water partition coefficient (Wildman–Crippen LogP) is 2.15.